The Bertz CT molecular complexity index is 860. The lowest BCUT2D eigenvalue weighted by Gasteiger charge is -2.39. The molecule has 1 amide bonds. The van der Waals surface area contributed by atoms with Crippen LogP contribution in [0.2, 0.25) is 0 Å². The molecular weight excluding hydrogens is 349 g/mol. The van der Waals surface area contributed by atoms with Gasteiger partial charge >= 0.3 is 0 Å². The van der Waals surface area contributed by atoms with Gasteiger partial charge in [-0.05, 0) is 19.9 Å². The number of likely N-dealkylation sites (tertiary alicyclic amines) is 1. The minimum absolute atomic E-state index is 0.0294. The van der Waals surface area contributed by atoms with Crippen molar-refractivity contribution in [3.63, 3.8) is 0 Å². The van der Waals surface area contributed by atoms with E-state index < -0.39 is 0 Å². The molecular formula is C20H24FN3O3. The van der Waals surface area contributed by atoms with Crippen LogP contribution in [0.3, 0.4) is 0 Å². The van der Waals surface area contributed by atoms with E-state index in [0.29, 0.717) is 30.8 Å². The Labute approximate surface area is 157 Å². The maximum Gasteiger partial charge on any atom is 0.272 e. The van der Waals surface area contributed by atoms with E-state index >= 15 is 0 Å². The summed E-state index contributed by atoms with van der Waals surface area (Å²) in [5, 5.41) is 4.50. The number of aryl methyl sites for hydroxylation is 1. The number of carbonyl (C=O) groups excluding carboxylic acids is 1. The Morgan fingerprint density at radius 3 is 2.81 bits per heavy atom. The van der Waals surface area contributed by atoms with E-state index in [4.69, 9.17) is 9.47 Å². The summed E-state index contributed by atoms with van der Waals surface area (Å²) < 4.78 is 26.9. The number of aromatic nitrogens is 2. The predicted molar refractivity (Wildman–Crippen MR) is 96.8 cm³/mol. The average molecular weight is 373 g/mol. The lowest BCUT2D eigenvalue weighted by Crippen LogP contribution is -2.55. The van der Waals surface area contributed by atoms with Gasteiger partial charge in [0.15, 0.2) is 0 Å². The molecule has 27 heavy (non-hydrogen) atoms. The number of ether oxygens (including phenoxy) is 2. The Morgan fingerprint density at radius 1 is 1.33 bits per heavy atom. The van der Waals surface area contributed by atoms with Crippen molar-refractivity contribution < 1.29 is 18.7 Å². The first-order valence-electron chi connectivity index (χ1n) is 9.29. The monoisotopic (exact) mass is 373 g/mol. The quantitative estimate of drug-likeness (QED) is 0.827. The van der Waals surface area contributed by atoms with Gasteiger partial charge in [-0.3, -0.25) is 9.48 Å². The molecule has 1 aromatic heterocycles. The smallest absolute Gasteiger partial charge is 0.272 e. The highest BCUT2D eigenvalue weighted by Gasteiger charge is 2.37. The molecule has 2 aliphatic heterocycles. The predicted octanol–water partition coefficient (Wildman–Crippen LogP) is 2.62. The van der Waals surface area contributed by atoms with Crippen LogP contribution in [0.15, 0.2) is 24.3 Å². The van der Waals surface area contributed by atoms with E-state index in [9.17, 15) is 9.18 Å². The van der Waals surface area contributed by atoms with Crippen molar-refractivity contribution in [1.82, 2.24) is 14.7 Å². The van der Waals surface area contributed by atoms with Crippen molar-refractivity contribution in [2.45, 2.75) is 45.2 Å². The molecule has 0 bridgehead atoms. The third-order valence-corrected chi connectivity index (χ3v) is 5.26. The van der Waals surface area contributed by atoms with Gasteiger partial charge in [0.25, 0.3) is 5.91 Å². The maximum atomic E-state index is 13.7. The molecule has 1 saturated heterocycles. The molecule has 0 spiro atoms. The number of carbonyl (C=O) groups is 1. The van der Waals surface area contributed by atoms with E-state index in [1.807, 2.05) is 13.8 Å². The zero-order valence-electron chi connectivity index (χ0n) is 15.8. The molecule has 2 atom stereocenters. The van der Waals surface area contributed by atoms with Crippen LogP contribution in [-0.2, 0) is 29.5 Å². The molecule has 3 heterocycles. The van der Waals surface area contributed by atoms with E-state index in [-0.39, 0.29) is 36.6 Å². The summed E-state index contributed by atoms with van der Waals surface area (Å²) in [6.45, 7) is 5.21. The van der Waals surface area contributed by atoms with Crippen LogP contribution in [0, 0.1) is 5.82 Å². The number of benzene rings is 1. The Morgan fingerprint density at radius 2 is 2.07 bits per heavy atom. The van der Waals surface area contributed by atoms with Crippen LogP contribution in [0.4, 0.5) is 4.39 Å². The van der Waals surface area contributed by atoms with Crippen LogP contribution < -0.4 is 0 Å². The first-order chi connectivity index (χ1) is 12.9. The molecule has 6 nitrogen and oxygen atoms in total. The highest BCUT2D eigenvalue weighted by atomic mass is 19.1. The largest absolute Gasteiger partial charge is 0.370 e. The SMILES string of the molecule is C[C@@H]1Cc2c(nn(C)c2C(=O)N2CC(OCc3ccccc3F)C2)[C@H](C)O1. The van der Waals surface area contributed by atoms with Gasteiger partial charge < -0.3 is 14.4 Å². The van der Waals surface area contributed by atoms with Crippen molar-refractivity contribution in [2.24, 2.45) is 7.05 Å². The fourth-order valence-corrected chi connectivity index (χ4v) is 3.81. The van der Waals surface area contributed by atoms with Crippen molar-refractivity contribution in [1.29, 1.82) is 0 Å². The van der Waals surface area contributed by atoms with Crippen molar-refractivity contribution in [2.75, 3.05) is 13.1 Å². The van der Waals surface area contributed by atoms with E-state index in [2.05, 4.69) is 5.10 Å². The van der Waals surface area contributed by atoms with Gasteiger partial charge in [-0.2, -0.15) is 5.10 Å². The first-order valence-corrected chi connectivity index (χ1v) is 9.29. The molecule has 1 aromatic carbocycles. The van der Waals surface area contributed by atoms with Crippen molar-refractivity contribution in [3.8, 4) is 0 Å². The molecule has 4 rings (SSSR count). The summed E-state index contributed by atoms with van der Waals surface area (Å²) in [6.07, 6.45) is 0.579. The molecule has 2 aromatic rings. The second-order valence-corrected chi connectivity index (χ2v) is 7.36. The Kier molecular flexibility index (Phi) is 4.74. The molecule has 1 fully saturated rings. The van der Waals surface area contributed by atoms with Crippen LogP contribution in [0.5, 0.6) is 0 Å². The van der Waals surface area contributed by atoms with Gasteiger partial charge in [-0.25, -0.2) is 4.39 Å². The van der Waals surface area contributed by atoms with Gasteiger partial charge in [-0.1, -0.05) is 18.2 Å². The fraction of sp³-hybridized carbons (Fsp3) is 0.500. The third-order valence-electron chi connectivity index (χ3n) is 5.26. The number of hydrogen-bond acceptors (Lipinski definition) is 4. The molecule has 7 heteroatoms. The minimum Gasteiger partial charge on any atom is -0.370 e. The third kappa shape index (κ3) is 3.37. The Hall–Kier alpha value is -2.25. The zero-order chi connectivity index (χ0) is 19.1. The van der Waals surface area contributed by atoms with Gasteiger partial charge in [0.05, 0.1) is 30.6 Å². The Balaban J connectivity index is 1.39. The lowest BCUT2D eigenvalue weighted by atomic mass is 9.98. The normalized spacial score (nSPS) is 22.4. The topological polar surface area (TPSA) is 56.6 Å². The summed E-state index contributed by atoms with van der Waals surface area (Å²) in [7, 11) is 1.80. The molecule has 0 radical (unpaired) electrons. The second-order valence-electron chi connectivity index (χ2n) is 7.36. The maximum absolute atomic E-state index is 13.7. The number of rotatable bonds is 4. The number of amides is 1. The van der Waals surface area contributed by atoms with E-state index in [1.165, 1.54) is 6.07 Å². The van der Waals surface area contributed by atoms with Gasteiger partial charge in [0.2, 0.25) is 0 Å². The molecule has 0 aliphatic carbocycles. The van der Waals surface area contributed by atoms with Crippen LogP contribution in [-0.4, -0.2) is 45.9 Å². The standard InChI is InChI=1S/C20H24FN3O3/c1-12-8-16-18(13(2)27-12)22-23(3)19(16)20(25)24-9-15(10-24)26-11-14-6-4-5-7-17(14)21/h4-7,12-13,15H,8-11H2,1-3H3/t12-,13+/m1/s1. The summed E-state index contributed by atoms with van der Waals surface area (Å²) in [5.41, 5.74) is 3.02. The van der Waals surface area contributed by atoms with Crippen molar-refractivity contribution >= 4 is 5.91 Å². The van der Waals surface area contributed by atoms with Gasteiger partial charge in [-0.15, -0.1) is 0 Å². The van der Waals surface area contributed by atoms with Crippen LogP contribution >= 0.6 is 0 Å². The summed E-state index contributed by atoms with van der Waals surface area (Å²) >= 11 is 0. The van der Waals surface area contributed by atoms with E-state index in [1.54, 1.807) is 34.8 Å². The number of hydrogen-bond donors (Lipinski definition) is 0. The fourth-order valence-electron chi connectivity index (χ4n) is 3.81. The summed E-state index contributed by atoms with van der Waals surface area (Å²) in [5.74, 6) is -0.296. The lowest BCUT2D eigenvalue weighted by molar-refractivity contribution is -0.0514. The number of fused-ring (bicyclic) bond motifs is 1. The molecule has 0 unspecified atom stereocenters. The summed E-state index contributed by atoms with van der Waals surface area (Å²) in [4.78, 5) is 14.7. The van der Waals surface area contributed by atoms with E-state index in [0.717, 1.165) is 11.3 Å². The van der Waals surface area contributed by atoms with Crippen LogP contribution in [0.25, 0.3) is 0 Å². The minimum atomic E-state index is -0.267. The van der Waals surface area contributed by atoms with Crippen molar-refractivity contribution in [3.05, 3.63) is 52.6 Å². The second kappa shape index (κ2) is 7.05. The first kappa shape index (κ1) is 18.1. The molecule has 0 N–H and O–H groups in total. The van der Waals surface area contributed by atoms with Gasteiger partial charge in [0, 0.05) is 37.7 Å². The average Bonchev–Trinajstić information content (AvgIpc) is 2.91. The molecule has 0 saturated carbocycles. The summed E-state index contributed by atoms with van der Waals surface area (Å²) in [6, 6.07) is 6.58. The zero-order valence-corrected chi connectivity index (χ0v) is 15.8. The highest BCUT2D eigenvalue weighted by molar-refractivity contribution is 5.95. The molecule has 144 valence electrons. The van der Waals surface area contributed by atoms with Crippen LogP contribution in [0.1, 0.15) is 47.3 Å². The molecule has 2 aliphatic rings. The number of halogens is 1. The highest BCUT2D eigenvalue weighted by Crippen LogP contribution is 2.32. The van der Waals surface area contributed by atoms with Gasteiger partial charge in [0.1, 0.15) is 11.5 Å². The number of nitrogens with zero attached hydrogens (tertiary/aromatic N) is 3.